The van der Waals surface area contributed by atoms with Crippen molar-refractivity contribution in [2.24, 2.45) is 0 Å². The molecule has 0 bridgehead atoms. The fourth-order valence-electron chi connectivity index (χ4n) is 3.58. The summed E-state index contributed by atoms with van der Waals surface area (Å²) in [6.07, 6.45) is 8.56. The third kappa shape index (κ3) is 4.76. The van der Waals surface area contributed by atoms with Gasteiger partial charge in [-0.1, -0.05) is 11.6 Å². The number of amides is 1. The van der Waals surface area contributed by atoms with Crippen molar-refractivity contribution in [2.45, 2.75) is 30.2 Å². The molecule has 1 amide bonds. The molecule has 1 aliphatic carbocycles. The molecular formula is C24H20ClN5O3S. The summed E-state index contributed by atoms with van der Waals surface area (Å²) >= 11 is 5.96. The second-order valence-electron chi connectivity index (χ2n) is 8.27. The van der Waals surface area contributed by atoms with Crippen LogP contribution >= 0.6 is 11.6 Å². The second-order valence-corrected chi connectivity index (χ2v) is 10.7. The van der Waals surface area contributed by atoms with E-state index in [4.69, 9.17) is 21.6 Å². The minimum absolute atomic E-state index is 0.0736. The highest BCUT2D eigenvalue weighted by atomic mass is 35.5. The maximum atomic E-state index is 12.6. The van der Waals surface area contributed by atoms with Gasteiger partial charge in [0.25, 0.3) is 5.91 Å². The fourth-order valence-corrected chi connectivity index (χ4v) is 4.88. The van der Waals surface area contributed by atoms with Crippen LogP contribution in [0.15, 0.2) is 59.9 Å². The van der Waals surface area contributed by atoms with Gasteiger partial charge >= 0.3 is 0 Å². The number of hydrogen-bond acceptors (Lipinski definition) is 7. The Morgan fingerprint density at radius 2 is 1.88 bits per heavy atom. The monoisotopic (exact) mass is 493 g/mol. The van der Waals surface area contributed by atoms with E-state index in [1.165, 1.54) is 18.2 Å². The van der Waals surface area contributed by atoms with E-state index in [0.717, 1.165) is 47.1 Å². The number of pyridine rings is 2. The molecule has 0 atom stereocenters. The molecule has 0 radical (unpaired) electrons. The Hall–Kier alpha value is -3.43. The SMILES string of the molecule is CS(=O)(=O)c1cc(C(=O)NCc2cc3nc(-c4cncc(C5CC5)n4)ccc3cn2)ccc1Cl. The summed E-state index contributed by atoms with van der Waals surface area (Å²) in [5, 5.41) is 3.70. The average Bonchev–Trinajstić information content (AvgIpc) is 3.67. The number of carbonyl (C=O) groups is 1. The summed E-state index contributed by atoms with van der Waals surface area (Å²) in [5.74, 6) is 0.0683. The molecule has 1 aliphatic rings. The van der Waals surface area contributed by atoms with Crippen LogP contribution in [0.5, 0.6) is 0 Å². The molecule has 0 aliphatic heterocycles. The van der Waals surface area contributed by atoms with Crippen LogP contribution in [0.25, 0.3) is 22.3 Å². The first kappa shape index (κ1) is 22.4. The lowest BCUT2D eigenvalue weighted by Gasteiger charge is -2.09. The molecule has 0 unspecified atom stereocenters. The van der Waals surface area contributed by atoms with Gasteiger partial charge in [-0.15, -0.1) is 0 Å². The Balaban J connectivity index is 1.35. The number of nitrogens with zero attached hydrogens (tertiary/aromatic N) is 4. The van der Waals surface area contributed by atoms with E-state index in [1.807, 2.05) is 18.3 Å². The van der Waals surface area contributed by atoms with Gasteiger partial charge in [0, 0.05) is 35.5 Å². The smallest absolute Gasteiger partial charge is 0.251 e. The van der Waals surface area contributed by atoms with Crippen molar-refractivity contribution >= 4 is 38.2 Å². The highest BCUT2D eigenvalue weighted by molar-refractivity contribution is 7.90. The maximum Gasteiger partial charge on any atom is 0.251 e. The lowest BCUT2D eigenvalue weighted by Crippen LogP contribution is -2.23. The van der Waals surface area contributed by atoms with Crippen molar-refractivity contribution in [1.29, 1.82) is 0 Å². The second kappa shape index (κ2) is 8.73. The van der Waals surface area contributed by atoms with E-state index in [2.05, 4.69) is 15.3 Å². The molecule has 0 spiro atoms. The number of nitrogens with one attached hydrogen (secondary N) is 1. The van der Waals surface area contributed by atoms with E-state index in [0.29, 0.717) is 11.6 Å². The van der Waals surface area contributed by atoms with Crippen LogP contribution in [0.1, 0.15) is 40.5 Å². The summed E-state index contributed by atoms with van der Waals surface area (Å²) < 4.78 is 23.8. The predicted molar refractivity (Wildman–Crippen MR) is 128 cm³/mol. The minimum Gasteiger partial charge on any atom is -0.346 e. The van der Waals surface area contributed by atoms with E-state index in [1.54, 1.807) is 18.5 Å². The maximum absolute atomic E-state index is 12.6. The average molecular weight is 494 g/mol. The van der Waals surface area contributed by atoms with Crippen LogP contribution in [-0.4, -0.2) is 40.5 Å². The number of aromatic nitrogens is 4. The third-order valence-corrected chi connectivity index (χ3v) is 7.14. The molecule has 3 aromatic heterocycles. The summed E-state index contributed by atoms with van der Waals surface area (Å²) in [6, 6.07) is 9.77. The van der Waals surface area contributed by atoms with Gasteiger partial charge in [-0.3, -0.25) is 14.8 Å². The Labute approximate surface area is 201 Å². The minimum atomic E-state index is -3.55. The van der Waals surface area contributed by atoms with Crippen molar-refractivity contribution in [1.82, 2.24) is 25.3 Å². The first-order valence-corrected chi connectivity index (χ1v) is 12.9. The lowest BCUT2D eigenvalue weighted by atomic mass is 10.2. The normalized spacial score (nSPS) is 13.7. The van der Waals surface area contributed by atoms with Crippen LogP contribution < -0.4 is 5.32 Å². The largest absolute Gasteiger partial charge is 0.346 e. The van der Waals surface area contributed by atoms with Crippen LogP contribution in [0.4, 0.5) is 0 Å². The van der Waals surface area contributed by atoms with Crippen molar-refractivity contribution in [3.8, 4) is 11.4 Å². The first-order valence-electron chi connectivity index (χ1n) is 10.6. The number of carbonyl (C=O) groups excluding carboxylic acids is 1. The van der Waals surface area contributed by atoms with Crippen LogP contribution in [0, 0.1) is 0 Å². The van der Waals surface area contributed by atoms with Gasteiger partial charge in [-0.2, -0.15) is 0 Å². The highest BCUT2D eigenvalue weighted by Crippen LogP contribution is 2.39. The molecule has 8 nitrogen and oxygen atoms in total. The van der Waals surface area contributed by atoms with Crippen molar-refractivity contribution in [3.05, 3.63) is 77.0 Å². The highest BCUT2D eigenvalue weighted by Gasteiger charge is 2.25. The predicted octanol–water partition coefficient (Wildman–Crippen LogP) is 3.95. The van der Waals surface area contributed by atoms with Crippen LogP contribution in [0.2, 0.25) is 5.02 Å². The molecule has 4 aromatic rings. The lowest BCUT2D eigenvalue weighted by molar-refractivity contribution is 0.0950. The van der Waals surface area contributed by atoms with Gasteiger partial charge in [0.2, 0.25) is 0 Å². The standard InChI is InChI=1S/C24H20ClN5O3S/c1-34(32,33)23-8-15(4-6-18(23)25)24(31)28-11-17-9-20-16(10-27-17)5-7-19(29-20)22-13-26-12-21(30-22)14-2-3-14/h4-10,12-14H,2-3,11H2,1H3,(H,28,31). The Bertz CT molecular complexity index is 1540. The van der Waals surface area contributed by atoms with Gasteiger partial charge in [-0.05, 0) is 49.2 Å². The van der Waals surface area contributed by atoms with Crippen molar-refractivity contribution < 1.29 is 13.2 Å². The molecule has 34 heavy (non-hydrogen) atoms. The Morgan fingerprint density at radius 3 is 2.65 bits per heavy atom. The van der Waals surface area contributed by atoms with Gasteiger partial charge in [0.05, 0.1) is 45.3 Å². The zero-order valence-electron chi connectivity index (χ0n) is 18.2. The number of sulfone groups is 1. The number of hydrogen-bond donors (Lipinski definition) is 1. The van der Waals surface area contributed by atoms with Crippen LogP contribution in [0.3, 0.4) is 0 Å². The van der Waals surface area contributed by atoms with E-state index < -0.39 is 15.7 Å². The van der Waals surface area contributed by atoms with Gasteiger partial charge in [-0.25, -0.2) is 18.4 Å². The molecule has 1 N–H and O–H groups in total. The number of fused-ring (bicyclic) bond motifs is 1. The zero-order chi connectivity index (χ0) is 23.9. The summed E-state index contributed by atoms with van der Waals surface area (Å²) in [4.78, 5) is 30.6. The van der Waals surface area contributed by atoms with E-state index in [9.17, 15) is 13.2 Å². The fraction of sp³-hybridized carbons (Fsp3) is 0.208. The van der Waals surface area contributed by atoms with Gasteiger partial charge in [0.15, 0.2) is 9.84 Å². The van der Waals surface area contributed by atoms with Crippen molar-refractivity contribution in [3.63, 3.8) is 0 Å². The number of benzene rings is 1. The van der Waals surface area contributed by atoms with E-state index in [-0.39, 0.29) is 22.0 Å². The molecular weight excluding hydrogens is 474 g/mol. The van der Waals surface area contributed by atoms with Crippen LogP contribution in [-0.2, 0) is 16.4 Å². The quantitative estimate of drug-likeness (QED) is 0.432. The molecule has 5 rings (SSSR count). The summed E-state index contributed by atoms with van der Waals surface area (Å²) in [5.41, 5.74) is 3.97. The summed E-state index contributed by atoms with van der Waals surface area (Å²) in [7, 11) is -3.55. The molecule has 172 valence electrons. The number of halogens is 1. The van der Waals surface area contributed by atoms with Crippen molar-refractivity contribution in [2.75, 3.05) is 6.26 Å². The molecule has 3 heterocycles. The molecule has 1 aromatic carbocycles. The first-order chi connectivity index (χ1) is 16.3. The number of rotatable bonds is 6. The molecule has 1 fully saturated rings. The van der Waals surface area contributed by atoms with Gasteiger partial charge in [0.1, 0.15) is 5.69 Å². The van der Waals surface area contributed by atoms with Gasteiger partial charge < -0.3 is 5.32 Å². The molecule has 1 saturated carbocycles. The Morgan fingerprint density at radius 1 is 1.06 bits per heavy atom. The zero-order valence-corrected chi connectivity index (χ0v) is 19.8. The van der Waals surface area contributed by atoms with E-state index >= 15 is 0 Å². The Kier molecular flexibility index (Phi) is 5.75. The summed E-state index contributed by atoms with van der Waals surface area (Å²) in [6.45, 7) is 0.147. The topological polar surface area (TPSA) is 115 Å². The third-order valence-electron chi connectivity index (χ3n) is 5.56. The molecule has 10 heteroatoms. The molecule has 0 saturated heterocycles.